The molecular formula is C27H35ClO5. The number of hydrogen-bond acceptors (Lipinski definition) is 4. The van der Waals surface area contributed by atoms with Gasteiger partial charge in [0, 0.05) is 23.2 Å². The Morgan fingerprint density at radius 2 is 1.73 bits per heavy atom. The first-order valence-electron chi connectivity index (χ1n) is 11.6. The van der Waals surface area contributed by atoms with E-state index in [1.54, 1.807) is 19.1 Å². The lowest BCUT2D eigenvalue weighted by atomic mass is 9.48. The zero-order valence-electron chi connectivity index (χ0n) is 20.6. The second-order valence-electron chi connectivity index (χ2n) is 11.7. The van der Waals surface area contributed by atoms with Gasteiger partial charge in [0.25, 0.3) is 0 Å². The van der Waals surface area contributed by atoms with Gasteiger partial charge in [-0.2, -0.15) is 0 Å². The third-order valence-electron chi connectivity index (χ3n) is 8.63. The van der Waals surface area contributed by atoms with Gasteiger partial charge in [0.1, 0.15) is 10.7 Å². The van der Waals surface area contributed by atoms with Gasteiger partial charge in [0.05, 0.1) is 5.92 Å². The molecule has 0 aromatic rings. The van der Waals surface area contributed by atoms with Crippen molar-refractivity contribution in [2.75, 3.05) is 0 Å². The number of alkyl halides is 1. The van der Waals surface area contributed by atoms with Gasteiger partial charge in [-0.05, 0) is 55.2 Å². The summed E-state index contributed by atoms with van der Waals surface area (Å²) in [5, 5.41) is 9.78. The van der Waals surface area contributed by atoms with Crippen molar-refractivity contribution in [2.24, 2.45) is 39.9 Å². The van der Waals surface area contributed by atoms with Crippen molar-refractivity contribution in [1.29, 1.82) is 0 Å². The number of carbonyl (C=O) groups is 4. The van der Waals surface area contributed by atoms with Crippen molar-refractivity contribution in [1.82, 2.24) is 0 Å². The maximum atomic E-state index is 13.4. The Morgan fingerprint density at radius 1 is 1.15 bits per heavy atom. The lowest BCUT2D eigenvalue weighted by molar-refractivity contribution is -0.151. The number of hydrogen-bond donors (Lipinski definition) is 1. The summed E-state index contributed by atoms with van der Waals surface area (Å²) in [7, 11) is 0. The number of fused-ring (bicyclic) bond motifs is 5. The number of carboxylic acids is 1. The monoisotopic (exact) mass is 474 g/mol. The molecule has 0 saturated heterocycles. The molecule has 0 amide bonds. The van der Waals surface area contributed by atoms with E-state index in [1.807, 2.05) is 53.7 Å². The van der Waals surface area contributed by atoms with Crippen LogP contribution in [-0.4, -0.2) is 33.3 Å². The highest BCUT2D eigenvalue weighted by Crippen LogP contribution is 2.67. The summed E-state index contributed by atoms with van der Waals surface area (Å²) in [6.07, 6.45) is 9.56. The third kappa shape index (κ3) is 3.77. The minimum Gasteiger partial charge on any atom is -0.481 e. The largest absolute Gasteiger partial charge is 0.481 e. The van der Waals surface area contributed by atoms with Crippen molar-refractivity contribution < 1.29 is 24.3 Å². The van der Waals surface area contributed by atoms with Crippen LogP contribution in [0.25, 0.3) is 0 Å². The Labute approximate surface area is 201 Å². The predicted molar refractivity (Wildman–Crippen MR) is 128 cm³/mol. The molecule has 33 heavy (non-hydrogen) atoms. The van der Waals surface area contributed by atoms with Gasteiger partial charge >= 0.3 is 5.97 Å². The van der Waals surface area contributed by atoms with Gasteiger partial charge in [-0.15, -0.1) is 11.6 Å². The molecule has 0 radical (unpaired) electrons. The number of ketones is 3. The van der Waals surface area contributed by atoms with Crippen LogP contribution in [-0.2, 0) is 19.2 Å². The number of carboxylic acid groups (broad SMARTS) is 1. The van der Waals surface area contributed by atoms with Crippen LogP contribution in [0.2, 0.25) is 0 Å². The van der Waals surface area contributed by atoms with Gasteiger partial charge in [-0.3, -0.25) is 19.2 Å². The molecule has 2 saturated carbocycles. The highest BCUT2D eigenvalue weighted by Gasteiger charge is 2.70. The number of allylic oxidation sites excluding steroid dienone is 6. The van der Waals surface area contributed by atoms with E-state index in [0.717, 1.165) is 12.0 Å². The fraction of sp³-hybridized carbons (Fsp3) is 0.630. The minimum absolute atomic E-state index is 0.00376. The quantitative estimate of drug-likeness (QED) is 0.529. The molecule has 5 nitrogen and oxygen atoms in total. The Kier molecular flexibility index (Phi) is 6.24. The molecule has 0 aliphatic heterocycles. The van der Waals surface area contributed by atoms with E-state index in [2.05, 4.69) is 0 Å². The number of aliphatic carboxylic acids is 1. The van der Waals surface area contributed by atoms with E-state index in [9.17, 15) is 24.3 Å². The van der Waals surface area contributed by atoms with Crippen molar-refractivity contribution in [2.45, 2.75) is 66.2 Å². The summed E-state index contributed by atoms with van der Waals surface area (Å²) >= 11 is 7.14. The van der Waals surface area contributed by atoms with E-state index >= 15 is 0 Å². The Hall–Kier alpha value is -2.01. The molecule has 0 spiro atoms. The van der Waals surface area contributed by atoms with Gasteiger partial charge in [0.2, 0.25) is 0 Å². The van der Waals surface area contributed by atoms with E-state index < -0.39 is 27.6 Å². The molecule has 0 aromatic carbocycles. The van der Waals surface area contributed by atoms with E-state index in [4.69, 9.17) is 11.6 Å². The molecule has 0 unspecified atom stereocenters. The van der Waals surface area contributed by atoms with Crippen LogP contribution in [0.4, 0.5) is 0 Å². The average Bonchev–Trinajstić information content (AvgIpc) is 2.93. The zero-order valence-corrected chi connectivity index (χ0v) is 21.3. The lowest BCUT2D eigenvalue weighted by Gasteiger charge is -2.57. The standard InChI is InChI=1S/C21H23ClO4.C6H12O/c1-11-8-15-14-5-4-12-9-13(23)6-7-20(12,3)21(14,22)16(24)10-19(15,2)17(11)18(25)26;1-5(7)6(2,3)4/h4-7,9,11,14-15,17H,8,10H2,1-3H3,(H,25,26);1-4H3/t11-,14+,15+,17-,19+,20+,21+;/m1./s1. The van der Waals surface area contributed by atoms with Crippen LogP contribution in [0.5, 0.6) is 0 Å². The van der Waals surface area contributed by atoms with Crippen LogP contribution < -0.4 is 0 Å². The maximum Gasteiger partial charge on any atom is 0.307 e. The molecule has 4 aliphatic carbocycles. The molecular weight excluding hydrogens is 440 g/mol. The fourth-order valence-electron chi connectivity index (χ4n) is 6.31. The molecule has 1 N–H and O–H groups in total. The maximum absolute atomic E-state index is 13.4. The SMILES string of the molecule is CC(=O)C(C)(C)C.C[C@@H]1C[C@H]2[C@@H]3C=CC4=CC(=O)C=C[C@]4(C)[C@@]3(Cl)C(=O)C[C@]2(C)[C@H]1C(=O)O. The van der Waals surface area contributed by atoms with Crippen molar-refractivity contribution in [3.8, 4) is 0 Å². The number of carbonyl (C=O) groups excluding carboxylic acids is 3. The van der Waals surface area contributed by atoms with Crippen LogP contribution in [0, 0.1) is 39.9 Å². The average molecular weight is 475 g/mol. The lowest BCUT2D eigenvalue weighted by Crippen LogP contribution is -2.63. The number of halogens is 1. The van der Waals surface area contributed by atoms with Crippen molar-refractivity contribution in [3.05, 3.63) is 36.0 Å². The van der Waals surface area contributed by atoms with Crippen LogP contribution >= 0.6 is 11.6 Å². The van der Waals surface area contributed by atoms with Crippen molar-refractivity contribution >= 4 is 34.9 Å². The predicted octanol–water partition coefficient (Wildman–Crippen LogP) is 5.18. The summed E-state index contributed by atoms with van der Waals surface area (Å²) in [4.78, 5) is 46.4. The van der Waals surface area contributed by atoms with E-state index in [-0.39, 0.29) is 46.9 Å². The first-order valence-corrected chi connectivity index (χ1v) is 12.0. The molecule has 4 aliphatic rings. The Balaban J connectivity index is 0.000000383. The molecule has 4 rings (SSSR count). The highest BCUT2D eigenvalue weighted by molar-refractivity contribution is 6.37. The topological polar surface area (TPSA) is 88.5 Å². The van der Waals surface area contributed by atoms with E-state index in [1.165, 1.54) is 6.08 Å². The summed E-state index contributed by atoms with van der Waals surface area (Å²) in [5.41, 5.74) is -0.735. The Morgan fingerprint density at radius 3 is 2.24 bits per heavy atom. The number of Topliss-reactive ketones (excluding diaryl/α,β-unsaturated/α-hetero) is 2. The van der Waals surface area contributed by atoms with Gasteiger partial charge in [-0.25, -0.2) is 0 Å². The van der Waals surface area contributed by atoms with Crippen LogP contribution in [0.1, 0.15) is 61.3 Å². The summed E-state index contributed by atoms with van der Waals surface area (Å²) in [6.45, 7) is 13.2. The second kappa shape index (κ2) is 8.04. The molecule has 6 heteroatoms. The normalized spacial score (nSPS) is 41.3. The highest BCUT2D eigenvalue weighted by atomic mass is 35.5. The van der Waals surface area contributed by atoms with E-state index in [0.29, 0.717) is 0 Å². The molecule has 2 fully saturated rings. The minimum atomic E-state index is -1.18. The van der Waals surface area contributed by atoms with Gasteiger partial charge < -0.3 is 5.11 Å². The molecule has 7 atom stereocenters. The second-order valence-corrected chi connectivity index (χ2v) is 12.3. The molecule has 180 valence electrons. The molecule has 0 aromatic heterocycles. The summed E-state index contributed by atoms with van der Waals surface area (Å²) in [5.74, 6) is -1.57. The first-order chi connectivity index (χ1) is 15.0. The van der Waals surface area contributed by atoms with Gasteiger partial charge in [-0.1, -0.05) is 52.8 Å². The molecule has 0 heterocycles. The Bertz CT molecular complexity index is 998. The smallest absolute Gasteiger partial charge is 0.307 e. The summed E-state index contributed by atoms with van der Waals surface area (Å²) in [6, 6.07) is 0. The molecule has 0 bridgehead atoms. The van der Waals surface area contributed by atoms with Crippen LogP contribution in [0.3, 0.4) is 0 Å². The zero-order chi connectivity index (χ0) is 25.1. The van der Waals surface area contributed by atoms with Gasteiger partial charge in [0.15, 0.2) is 11.6 Å². The summed E-state index contributed by atoms with van der Waals surface area (Å²) < 4.78 is 0. The fourth-order valence-corrected chi connectivity index (χ4v) is 6.77. The van der Waals surface area contributed by atoms with Crippen molar-refractivity contribution in [3.63, 3.8) is 0 Å². The van der Waals surface area contributed by atoms with Crippen LogP contribution in [0.15, 0.2) is 36.0 Å². The first kappa shape index (κ1) is 25.6. The third-order valence-corrected chi connectivity index (χ3v) is 9.49. The number of rotatable bonds is 1.